The van der Waals surface area contributed by atoms with Crippen LogP contribution in [0, 0.1) is 0 Å². The van der Waals surface area contributed by atoms with Crippen LogP contribution in [0.25, 0.3) is 0 Å². The maximum atomic E-state index is 10.1. The average Bonchev–Trinajstić information content (AvgIpc) is 1.93. The smallest absolute Gasteiger partial charge is 0.316 e. The number of nitrogens with two attached hydrogens (primary N) is 1. The van der Waals surface area contributed by atoms with Gasteiger partial charge in [0.1, 0.15) is 5.69 Å². The molecule has 2 N–H and O–H groups in total. The van der Waals surface area contributed by atoms with Gasteiger partial charge in [0.15, 0.2) is 0 Å². The molecule has 0 heterocycles. The van der Waals surface area contributed by atoms with Crippen LogP contribution < -0.4 is 5.73 Å². The number of hydrogen-bond donors (Lipinski definition) is 1. The Kier molecular flexibility index (Phi) is 2.22. The van der Waals surface area contributed by atoms with Gasteiger partial charge in [0.25, 0.3) is 0 Å². The molecular formula is C6H6N2O2S. The number of para-hydroxylation sites is 1. The van der Waals surface area contributed by atoms with Gasteiger partial charge in [0.05, 0.1) is 5.69 Å². The summed E-state index contributed by atoms with van der Waals surface area (Å²) in [6.45, 7) is 0. The first-order chi connectivity index (χ1) is 5.20. The third kappa shape index (κ3) is 2.05. The minimum absolute atomic E-state index is 0.279. The predicted molar refractivity (Wildman–Crippen MR) is 41.9 cm³/mol. The van der Waals surface area contributed by atoms with Gasteiger partial charge < -0.3 is 5.73 Å². The summed E-state index contributed by atoms with van der Waals surface area (Å²) >= 11 is 0. The first kappa shape index (κ1) is 7.74. The number of nitrogen functional groups attached to an aromatic ring is 1. The van der Waals surface area contributed by atoms with E-state index in [0.717, 1.165) is 0 Å². The lowest BCUT2D eigenvalue weighted by Gasteiger charge is -1.93. The zero-order valence-corrected chi connectivity index (χ0v) is 6.38. The van der Waals surface area contributed by atoms with Crippen LogP contribution >= 0.6 is 0 Å². The van der Waals surface area contributed by atoms with E-state index in [-0.39, 0.29) is 5.69 Å². The molecule has 58 valence electrons. The first-order valence-electron chi connectivity index (χ1n) is 2.86. The molecule has 0 aliphatic heterocycles. The van der Waals surface area contributed by atoms with Gasteiger partial charge in [-0.05, 0) is 12.1 Å². The summed E-state index contributed by atoms with van der Waals surface area (Å²) in [5.41, 5.74) is 6.04. The first-order valence-corrected chi connectivity index (χ1v) is 3.89. The molecule has 0 bridgehead atoms. The fraction of sp³-hybridized carbons (Fsp3) is 0. The summed E-state index contributed by atoms with van der Waals surface area (Å²) in [4.78, 5) is 0. The molecule has 0 atom stereocenters. The largest absolute Gasteiger partial charge is 0.397 e. The van der Waals surface area contributed by atoms with Crippen molar-refractivity contribution >= 4 is 21.9 Å². The summed E-state index contributed by atoms with van der Waals surface area (Å²) < 4.78 is 23.4. The fourth-order valence-corrected chi connectivity index (χ4v) is 0.978. The average molecular weight is 170 g/mol. The van der Waals surface area contributed by atoms with E-state index >= 15 is 0 Å². The highest BCUT2D eigenvalue weighted by atomic mass is 32.2. The second-order valence-electron chi connectivity index (χ2n) is 1.87. The molecule has 0 aromatic heterocycles. The van der Waals surface area contributed by atoms with E-state index in [1.165, 1.54) is 6.07 Å². The van der Waals surface area contributed by atoms with Crippen LogP contribution in [0.2, 0.25) is 0 Å². The Morgan fingerprint density at radius 2 is 1.91 bits per heavy atom. The fourth-order valence-electron chi connectivity index (χ4n) is 0.651. The summed E-state index contributed by atoms with van der Waals surface area (Å²) in [5.74, 6) is 0. The third-order valence-corrected chi connectivity index (χ3v) is 1.46. The summed E-state index contributed by atoms with van der Waals surface area (Å²) in [6.07, 6.45) is 0. The highest BCUT2D eigenvalue weighted by molar-refractivity contribution is 7.61. The van der Waals surface area contributed by atoms with E-state index in [0.29, 0.717) is 5.69 Å². The van der Waals surface area contributed by atoms with Crippen molar-refractivity contribution in [3.63, 3.8) is 0 Å². The Balaban J connectivity index is 3.25. The van der Waals surface area contributed by atoms with Crippen LogP contribution in [0.5, 0.6) is 0 Å². The second-order valence-corrected chi connectivity index (χ2v) is 2.48. The zero-order valence-electron chi connectivity index (χ0n) is 5.56. The molecule has 0 aliphatic rings. The molecule has 4 nitrogen and oxygen atoms in total. The Morgan fingerprint density at radius 3 is 2.45 bits per heavy atom. The highest BCUT2D eigenvalue weighted by Gasteiger charge is 1.92. The van der Waals surface area contributed by atoms with Gasteiger partial charge >= 0.3 is 10.5 Å². The van der Waals surface area contributed by atoms with Crippen LogP contribution in [0.3, 0.4) is 0 Å². The van der Waals surface area contributed by atoms with Crippen molar-refractivity contribution < 1.29 is 8.42 Å². The Bertz CT molecular complexity index is 375. The molecule has 0 unspecified atom stereocenters. The lowest BCUT2D eigenvalue weighted by atomic mass is 10.3. The monoisotopic (exact) mass is 170 g/mol. The summed E-state index contributed by atoms with van der Waals surface area (Å²) in [5, 5.41) is 0. The molecule has 0 saturated carbocycles. The van der Waals surface area contributed by atoms with E-state index in [9.17, 15) is 8.42 Å². The molecule has 0 saturated heterocycles. The van der Waals surface area contributed by atoms with Crippen molar-refractivity contribution in [2.45, 2.75) is 0 Å². The lowest BCUT2D eigenvalue weighted by Crippen LogP contribution is -1.82. The maximum Gasteiger partial charge on any atom is 0.316 e. The molecule has 1 aromatic rings. The molecule has 0 amide bonds. The molecule has 1 aromatic carbocycles. The lowest BCUT2D eigenvalue weighted by molar-refractivity contribution is 0.622. The number of rotatable bonds is 1. The molecule has 5 heteroatoms. The van der Waals surface area contributed by atoms with Crippen molar-refractivity contribution in [1.82, 2.24) is 0 Å². The van der Waals surface area contributed by atoms with Gasteiger partial charge in [-0.15, -0.1) is 4.36 Å². The van der Waals surface area contributed by atoms with Crippen molar-refractivity contribution in [3.8, 4) is 0 Å². The minimum atomic E-state index is -2.43. The third-order valence-electron chi connectivity index (χ3n) is 1.11. The van der Waals surface area contributed by atoms with E-state index in [2.05, 4.69) is 4.36 Å². The van der Waals surface area contributed by atoms with Crippen molar-refractivity contribution in [1.29, 1.82) is 0 Å². The van der Waals surface area contributed by atoms with E-state index < -0.39 is 10.5 Å². The van der Waals surface area contributed by atoms with E-state index in [1.807, 2.05) is 0 Å². The topological polar surface area (TPSA) is 72.5 Å². The van der Waals surface area contributed by atoms with Crippen LogP contribution in [-0.2, 0) is 10.5 Å². The maximum absolute atomic E-state index is 10.1. The van der Waals surface area contributed by atoms with Gasteiger partial charge in [0, 0.05) is 0 Å². The van der Waals surface area contributed by atoms with Crippen molar-refractivity contribution in [2.24, 2.45) is 4.36 Å². The number of anilines is 1. The Labute approximate surface area is 65.4 Å². The number of nitrogens with zero attached hydrogens (tertiary/aromatic N) is 1. The summed E-state index contributed by atoms with van der Waals surface area (Å²) in [6, 6.07) is 6.50. The van der Waals surface area contributed by atoms with E-state index in [4.69, 9.17) is 5.73 Å². The molecule has 0 spiro atoms. The van der Waals surface area contributed by atoms with Crippen LogP contribution in [0.1, 0.15) is 0 Å². The normalized spacial score (nSPS) is 9.09. The molecule has 0 aliphatic carbocycles. The molecule has 0 fully saturated rings. The molecular weight excluding hydrogens is 164 g/mol. The van der Waals surface area contributed by atoms with Gasteiger partial charge in [0.2, 0.25) is 0 Å². The molecule has 1 rings (SSSR count). The van der Waals surface area contributed by atoms with Crippen molar-refractivity contribution in [3.05, 3.63) is 24.3 Å². The Hall–Kier alpha value is -1.36. The van der Waals surface area contributed by atoms with Crippen LogP contribution in [-0.4, -0.2) is 8.42 Å². The van der Waals surface area contributed by atoms with E-state index in [1.54, 1.807) is 18.2 Å². The Morgan fingerprint density at radius 1 is 1.27 bits per heavy atom. The van der Waals surface area contributed by atoms with Crippen molar-refractivity contribution in [2.75, 3.05) is 5.73 Å². The van der Waals surface area contributed by atoms with Gasteiger partial charge in [-0.25, -0.2) is 0 Å². The SMILES string of the molecule is Nc1ccccc1N=S(=O)=O. The highest BCUT2D eigenvalue weighted by Crippen LogP contribution is 2.19. The quantitative estimate of drug-likeness (QED) is 0.638. The number of hydrogen-bond acceptors (Lipinski definition) is 4. The standard InChI is InChI=1S/C6H6N2O2S/c7-5-3-1-2-4-6(5)8-11(9)10/h1-4H,7H2. The van der Waals surface area contributed by atoms with Crippen LogP contribution in [0.4, 0.5) is 11.4 Å². The van der Waals surface area contributed by atoms with Crippen LogP contribution in [0.15, 0.2) is 28.6 Å². The molecule has 0 radical (unpaired) electrons. The van der Waals surface area contributed by atoms with Gasteiger partial charge in [-0.1, -0.05) is 12.1 Å². The molecule has 11 heavy (non-hydrogen) atoms. The zero-order chi connectivity index (χ0) is 8.27. The summed E-state index contributed by atoms with van der Waals surface area (Å²) in [7, 11) is -2.43. The predicted octanol–water partition coefficient (Wildman–Crippen LogP) is 0.963. The number of benzene rings is 1. The minimum Gasteiger partial charge on any atom is -0.397 e. The second kappa shape index (κ2) is 3.16. The van der Waals surface area contributed by atoms with Gasteiger partial charge in [-0.3, -0.25) is 0 Å². The van der Waals surface area contributed by atoms with Gasteiger partial charge in [-0.2, -0.15) is 8.42 Å².